The maximum absolute atomic E-state index is 13.4. The molecule has 0 aromatic carbocycles. The first-order chi connectivity index (χ1) is 21.8. The highest BCUT2D eigenvalue weighted by Gasteiger charge is 2.51. The summed E-state index contributed by atoms with van der Waals surface area (Å²) in [6.07, 6.45) is 11.0. The number of rotatable bonds is 19. The third-order valence-corrected chi connectivity index (χ3v) is 9.17. The van der Waals surface area contributed by atoms with Crippen LogP contribution in [0, 0.1) is 17.8 Å². The number of ether oxygens (including phenoxy) is 3. The second-order valence-electron chi connectivity index (χ2n) is 13.4. The summed E-state index contributed by atoms with van der Waals surface area (Å²) >= 11 is 6.76. The fraction of sp³-hybridized carbons (Fsp3) is 0.714. The molecule has 0 bridgehead atoms. The number of alkyl halides is 1. The van der Waals surface area contributed by atoms with E-state index < -0.39 is 35.6 Å². The number of carbonyl (C=O) groups is 2. The number of aliphatic hydroxyl groups excluding tert-OH is 2. The highest BCUT2D eigenvalue weighted by molar-refractivity contribution is 6.25. The number of carbonyl (C=O) groups excluding carboxylic acids is 2. The lowest BCUT2D eigenvalue weighted by molar-refractivity contribution is -0.201. The molecule has 0 saturated carbocycles. The summed E-state index contributed by atoms with van der Waals surface area (Å²) in [5.41, 5.74) is 0.919. The SMILES string of the molecule is CCCNC(=O)C(CC1=CC=C(OC)C(C)(Cl)C1)NC(O)[C@H](OC(O)C(CC(C)C)NC(=O)CC)C(C)C1OC1C1C=CC=CC1. The molecule has 1 heterocycles. The molecule has 9 unspecified atom stereocenters. The van der Waals surface area contributed by atoms with Crippen molar-refractivity contribution in [3.63, 3.8) is 0 Å². The molecule has 0 aromatic rings. The molecule has 5 N–H and O–H groups in total. The Morgan fingerprint density at radius 1 is 1.17 bits per heavy atom. The van der Waals surface area contributed by atoms with E-state index in [0.29, 0.717) is 25.1 Å². The van der Waals surface area contributed by atoms with Crippen LogP contribution < -0.4 is 16.0 Å². The quantitative estimate of drug-likeness (QED) is 0.0785. The van der Waals surface area contributed by atoms with Gasteiger partial charge >= 0.3 is 0 Å². The van der Waals surface area contributed by atoms with Gasteiger partial charge in [0.2, 0.25) is 11.8 Å². The minimum Gasteiger partial charge on any atom is -0.499 e. The molecule has 3 rings (SSSR count). The maximum atomic E-state index is 13.4. The van der Waals surface area contributed by atoms with Gasteiger partial charge in [-0.2, -0.15) is 0 Å². The molecule has 0 aromatic heterocycles. The van der Waals surface area contributed by atoms with Gasteiger partial charge in [0.1, 0.15) is 23.0 Å². The largest absolute Gasteiger partial charge is 0.499 e. The van der Waals surface area contributed by atoms with Crippen LogP contribution in [0.15, 0.2) is 47.8 Å². The minimum atomic E-state index is -1.40. The van der Waals surface area contributed by atoms with Crippen molar-refractivity contribution in [2.24, 2.45) is 17.8 Å². The van der Waals surface area contributed by atoms with Crippen molar-refractivity contribution in [3.05, 3.63) is 47.8 Å². The highest BCUT2D eigenvalue weighted by Crippen LogP contribution is 2.41. The summed E-state index contributed by atoms with van der Waals surface area (Å²) < 4.78 is 17.8. The molecule has 1 fully saturated rings. The molecule has 1 aliphatic heterocycles. The molecular formula is C35H56ClN3O7. The van der Waals surface area contributed by atoms with Crippen LogP contribution >= 0.6 is 11.6 Å². The Bertz CT molecular complexity index is 1140. The lowest BCUT2D eigenvalue weighted by atomic mass is 9.88. The van der Waals surface area contributed by atoms with Gasteiger partial charge < -0.3 is 35.1 Å². The Morgan fingerprint density at radius 2 is 1.91 bits per heavy atom. The third-order valence-electron chi connectivity index (χ3n) is 8.85. The number of methoxy groups -OCH3 is 1. The van der Waals surface area contributed by atoms with Crippen LogP contribution in [0.25, 0.3) is 0 Å². The molecule has 11 heteroatoms. The Labute approximate surface area is 280 Å². The zero-order chi connectivity index (χ0) is 34.0. The number of allylic oxidation sites excluding steroid dienone is 6. The van der Waals surface area contributed by atoms with Crippen LogP contribution in [-0.2, 0) is 23.8 Å². The van der Waals surface area contributed by atoms with E-state index >= 15 is 0 Å². The molecule has 2 amide bonds. The Kier molecular flexibility index (Phi) is 14.8. The lowest BCUT2D eigenvalue weighted by Gasteiger charge is -2.36. The highest BCUT2D eigenvalue weighted by atomic mass is 35.5. The van der Waals surface area contributed by atoms with E-state index in [4.69, 9.17) is 25.8 Å². The van der Waals surface area contributed by atoms with Gasteiger partial charge in [0.05, 0.1) is 31.4 Å². The van der Waals surface area contributed by atoms with E-state index in [1.54, 1.807) is 14.0 Å². The maximum Gasteiger partial charge on any atom is 0.237 e. The van der Waals surface area contributed by atoms with Crippen molar-refractivity contribution in [1.82, 2.24) is 16.0 Å². The number of hydrogen-bond acceptors (Lipinski definition) is 8. The van der Waals surface area contributed by atoms with E-state index in [0.717, 1.165) is 18.4 Å². The first kappa shape index (κ1) is 38.2. The molecule has 3 aliphatic rings. The predicted molar refractivity (Wildman–Crippen MR) is 180 cm³/mol. The summed E-state index contributed by atoms with van der Waals surface area (Å²) in [6.45, 7) is 12.0. The molecule has 10 nitrogen and oxygen atoms in total. The summed E-state index contributed by atoms with van der Waals surface area (Å²) in [7, 11) is 1.58. The number of amides is 2. The van der Waals surface area contributed by atoms with Crippen molar-refractivity contribution in [1.29, 1.82) is 0 Å². The van der Waals surface area contributed by atoms with Crippen LogP contribution in [0.5, 0.6) is 0 Å². The van der Waals surface area contributed by atoms with Gasteiger partial charge in [-0.25, -0.2) is 0 Å². The van der Waals surface area contributed by atoms with Gasteiger partial charge in [-0.3, -0.25) is 14.9 Å². The van der Waals surface area contributed by atoms with E-state index in [1.807, 2.05) is 58.9 Å². The molecule has 0 spiro atoms. The number of hydrogen-bond donors (Lipinski definition) is 5. The molecule has 1 saturated heterocycles. The molecule has 10 atom stereocenters. The van der Waals surface area contributed by atoms with E-state index in [1.165, 1.54) is 0 Å². The zero-order valence-electron chi connectivity index (χ0n) is 28.5. The Morgan fingerprint density at radius 3 is 2.50 bits per heavy atom. The van der Waals surface area contributed by atoms with E-state index in [9.17, 15) is 19.8 Å². The average molecular weight is 666 g/mol. The van der Waals surface area contributed by atoms with E-state index in [2.05, 4.69) is 28.1 Å². The molecular weight excluding hydrogens is 610 g/mol. The van der Waals surface area contributed by atoms with Crippen LogP contribution in [0.2, 0.25) is 0 Å². The lowest BCUT2D eigenvalue weighted by Crippen LogP contribution is -2.57. The normalized spacial score (nSPS) is 27.9. The monoisotopic (exact) mass is 665 g/mol. The smallest absolute Gasteiger partial charge is 0.237 e. The summed E-state index contributed by atoms with van der Waals surface area (Å²) in [5, 5.41) is 32.1. The van der Waals surface area contributed by atoms with Crippen molar-refractivity contribution in [3.8, 4) is 0 Å². The van der Waals surface area contributed by atoms with Crippen LogP contribution in [-0.4, -0.2) is 83.5 Å². The summed E-state index contributed by atoms with van der Waals surface area (Å²) in [4.78, 5) is 25.0. The molecule has 46 heavy (non-hydrogen) atoms. The Hall–Kier alpha value is -2.21. The zero-order valence-corrected chi connectivity index (χ0v) is 29.3. The first-order valence-corrected chi connectivity index (χ1v) is 17.2. The van der Waals surface area contributed by atoms with Crippen molar-refractivity contribution >= 4 is 23.4 Å². The third kappa shape index (κ3) is 10.9. The number of nitrogens with one attached hydrogen (secondary N) is 3. The van der Waals surface area contributed by atoms with Gasteiger partial charge in [0.25, 0.3) is 0 Å². The van der Waals surface area contributed by atoms with Gasteiger partial charge in [-0.05, 0) is 51.0 Å². The van der Waals surface area contributed by atoms with Crippen LogP contribution in [0.1, 0.15) is 80.1 Å². The van der Waals surface area contributed by atoms with Crippen molar-refractivity contribution in [2.75, 3.05) is 13.7 Å². The fourth-order valence-electron chi connectivity index (χ4n) is 6.26. The van der Waals surface area contributed by atoms with Gasteiger partial charge in [0.15, 0.2) is 6.29 Å². The van der Waals surface area contributed by atoms with Gasteiger partial charge in [-0.1, -0.05) is 70.6 Å². The molecule has 0 radical (unpaired) electrons. The second-order valence-corrected chi connectivity index (χ2v) is 14.2. The van der Waals surface area contributed by atoms with Crippen LogP contribution in [0.4, 0.5) is 0 Å². The molecule has 260 valence electrons. The standard InChI is InChI=1S/C35H56ClN3O7/c1-8-17-37-32(41)25(19-23-15-16-27(44-7)35(6,36)20-23)39-33(42)30(22(5)29-31(45-29)24-13-11-10-12-14-24)46-34(43)26(18-21(3)4)38-28(40)9-2/h10-13,15-16,21-22,24-26,29-31,33-34,39,42-43H,8-9,14,17-20H2,1-7H3,(H,37,41)(H,38,40)/t22?,24?,25?,26?,29?,30-,31?,33?,34?,35?/m1/s1. The first-order valence-electron chi connectivity index (χ1n) is 16.8. The summed E-state index contributed by atoms with van der Waals surface area (Å²) in [6, 6.07) is -1.50. The minimum absolute atomic E-state index is 0.0582. The van der Waals surface area contributed by atoms with E-state index in [-0.39, 0.29) is 54.6 Å². The Balaban J connectivity index is 1.86. The van der Waals surface area contributed by atoms with Gasteiger partial charge in [-0.15, -0.1) is 11.6 Å². The van der Waals surface area contributed by atoms with Gasteiger partial charge in [0, 0.05) is 24.8 Å². The fourth-order valence-corrected chi connectivity index (χ4v) is 6.57. The van der Waals surface area contributed by atoms with Crippen molar-refractivity contribution in [2.45, 2.75) is 128 Å². The number of epoxide rings is 1. The number of halogens is 1. The summed E-state index contributed by atoms with van der Waals surface area (Å²) in [5.74, 6) is 0.171. The average Bonchev–Trinajstić information content (AvgIpc) is 3.82. The number of aliphatic hydroxyl groups is 2. The van der Waals surface area contributed by atoms with Crippen molar-refractivity contribution < 1.29 is 34.0 Å². The second kappa shape index (κ2) is 17.8. The van der Waals surface area contributed by atoms with Crippen LogP contribution in [0.3, 0.4) is 0 Å². The predicted octanol–water partition coefficient (Wildman–Crippen LogP) is 4.22. The molecule has 2 aliphatic carbocycles. The topological polar surface area (TPSA) is 142 Å².